The molecule has 0 aromatic heterocycles. The third-order valence-electron chi connectivity index (χ3n) is 5.29. The fourth-order valence-electron chi connectivity index (χ4n) is 3.59. The number of nitrogens with zero attached hydrogens (tertiary/aromatic N) is 1. The summed E-state index contributed by atoms with van der Waals surface area (Å²) >= 11 is 6.16. The molecule has 0 bridgehead atoms. The lowest BCUT2D eigenvalue weighted by molar-refractivity contribution is -0.119. The summed E-state index contributed by atoms with van der Waals surface area (Å²) < 4.78 is 39.0. The number of halogens is 1. The fourth-order valence-corrected chi connectivity index (χ4v) is 5.20. The molecule has 3 rings (SSSR count). The monoisotopic (exact) mass is 530 g/mol. The van der Waals surface area contributed by atoms with Crippen molar-refractivity contribution < 1.29 is 22.7 Å². The summed E-state index contributed by atoms with van der Waals surface area (Å²) in [7, 11) is -2.63. The smallest absolute Gasteiger partial charge is 0.264 e. The number of methoxy groups -OCH3 is 1. The number of carbonyl (C=O) groups excluding carboxylic acids is 1. The molecule has 0 unspecified atom stereocenters. The maximum absolute atomic E-state index is 13.5. The van der Waals surface area contributed by atoms with Crippen molar-refractivity contribution in [2.24, 2.45) is 0 Å². The van der Waals surface area contributed by atoms with E-state index in [9.17, 15) is 13.2 Å². The highest BCUT2D eigenvalue weighted by atomic mass is 35.5. The molecule has 7 nitrogen and oxygen atoms in total. The second-order valence-electron chi connectivity index (χ2n) is 8.40. The van der Waals surface area contributed by atoms with Gasteiger partial charge in [0.2, 0.25) is 5.91 Å². The molecule has 1 N–H and O–H groups in total. The Hall–Kier alpha value is -3.23. The zero-order valence-electron chi connectivity index (χ0n) is 20.6. The molecule has 0 aliphatic carbocycles. The molecule has 0 radical (unpaired) electrons. The number of hydrogen-bond acceptors (Lipinski definition) is 5. The number of ether oxygens (including phenoxy) is 2. The number of sulfonamides is 1. The van der Waals surface area contributed by atoms with Crippen molar-refractivity contribution in [3.8, 4) is 11.5 Å². The van der Waals surface area contributed by atoms with E-state index in [4.69, 9.17) is 21.1 Å². The van der Waals surface area contributed by atoms with Gasteiger partial charge in [0.05, 0.1) is 23.8 Å². The molecule has 192 valence electrons. The first-order chi connectivity index (χ1) is 17.2. The summed E-state index contributed by atoms with van der Waals surface area (Å²) in [5, 5.41) is 3.15. The molecule has 0 aliphatic heterocycles. The van der Waals surface area contributed by atoms with E-state index >= 15 is 0 Å². The molecule has 0 atom stereocenters. The Balaban J connectivity index is 1.69. The number of hydrogen-bond donors (Lipinski definition) is 1. The van der Waals surface area contributed by atoms with Gasteiger partial charge in [-0.25, -0.2) is 8.42 Å². The maximum Gasteiger partial charge on any atom is 0.264 e. The van der Waals surface area contributed by atoms with Crippen LogP contribution in [0, 0.1) is 0 Å². The van der Waals surface area contributed by atoms with E-state index in [1.807, 2.05) is 38.1 Å². The van der Waals surface area contributed by atoms with Crippen LogP contribution in [0.25, 0.3) is 0 Å². The first-order valence-corrected chi connectivity index (χ1v) is 13.5. The molecule has 1 amide bonds. The Kier molecular flexibility index (Phi) is 9.61. The van der Waals surface area contributed by atoms with Gasteiger partial charge in [-0.15, -0.1) is 0 Å². The summed E-state index contributed by atoms with van der Waals surface area (Å²) in [4.78, 5) is 12.9. The molecular formula is C27H31ClN2O5S. The zero-order valence-corrected chi connectivity index (χ0v) is 22.2. The predicted molar refractivity (Wildman–Crippen MR) is 143 cm³/mol. The number of rotatable bonds is 12. The summed E-state index contributed by atoms with van der Waals surface area (Å²) in [6, 6.07) is 20.4. The van der Waals surface area contributed by atoms with Crippen molar-refractivity contribution in [3.63, 3.8) is 0 Å². The summed E-state index contributed by atoms with van der Waals surface area (Å²) in [5.41, 5.74) is 1.31. The van der Waals surface area contributed by atoms with Crippen LogP contribution in [0.15, 0.2) is 77.7 Å². The fraction of sp³-hybridized carbons (Fsp3) is 0.296. The average molecular weight is 531 g/mol. The summed E-state index contributed by atoms with van der Waals surface area (Å²) in [6.07, 6.45) is 1.57. The zero-order chi connectivity index (χ0) is 26.1. The van der Waals surface area contributed by atoms with Crippen LogP contribution in [0.1, 0.15) is 25.8 Å². The highest BCUT2D eigenvalue weighted by Crippen LogP contribution is 2.34. The number of nitrogens with one attached hydrogen (secondary N) is 1. The first kappa shape index (κ1) is 27.4. The number of benzene rings is 3. The van der Waals surface area contributed by atoms with Crippen molar-refractivity contribution >= 4 is 33.2 Å². The minimum atomic E-state index is -4.06. The SMILES string of the molecule is COc1ccc(Cl)cc1N(CC(=O)NCCCc1ccc(OC(C)C)cc1)S(=O)(=O)c1ccccc1. The third-order valence-corrected chi connectivity index (χ3v) is 7.30. The molecule has 0 saturated carbocycles. The topological polar surface area (TPSA) is 84.9 Å². The second kappa shape index (κ2) is 12.6. The van der Waals surface area contributed by atoms with E-state index in [-0.39, 0.29) is 22.4 Å². The Morgan fingerprint density at radius 1 is 1.03 bits per heavy atom. The van der Waals surface area contributed by atoms with E-state index < -0.39 is 22.5 Å². The van der Waals surface area contributed by atoms with E-state index in [0.29, 0.717) is 18.0 Å². The highest BCUT2D eigenvalue weighted by molar-refractivity contribution is 7.92. The maximum atomic E-state index is 13.5. The average Bonchev–Trinajstić information content (AvgIpc) is 2.86. The van der Waals surface area contributed by atoms with Crippen LogP contribution in [0.3, 0.4) is 0 Å². The van der Waals surface area contributed by atoms with Crippen LogP contribution in [-0.4, -0.2) is 40.6 Å². The quantitative estimate of drug-likeness (QED) is 0.330. The van der Waals surface area contributed by atoms with Crippen molar-refractivity contribution in [3.05, 3.63) is 83.4 Å². The van der Waals surface area contributed by atoms with Crippen molar-refractivity contribution in [1.82, 2.24) is 5.32 Å². The van der Waals surface area contributed by atoms with Crippen molar-refractivity contribution in [1.29, 1.82) is 0 Å². The molecule has 3 aromatic rings. The Morgan fingerprint density at radius 3 is 2.36 bits per heavy atom. The molecule has 0 spiro atoms. The molecule has 0 aliphatic rings. The van der Waals surface area contributed by atoms with Gasteiger partial charge in [0.1, 0.15) is 18.0 Å². The highest BCUT2D eigenvalue weighted by Gasteiger charge is 2.29. The summed E-state index contributed by atoms with van der Waals surface area (Å²) in [5.74, 6) is 0.673. The molecule has 0 fully saturated rings. The normalized spacial score (nSPS) is 11.2. The molecule has 36 heavy (non-hydrogen) atoms. The molecule has 0 saturated heterocycles. The largest absolute Gasteiger partial charge is 0.495 e. The molecule has 0 heterocycles. The third kappa shape index (κ3) is 7.38. The van der Waals surface area contributed by atoms with Crippen LogP contribution in [0.5, 0.6) is 11.5 Å². The van der Waals surface area contributed by atoms with Gasteiger partial charge in [-0.1, -0.05) is 41.9 Å². The standard InChI is InChI=1S/C27H31ClN2O5S/c1-20(2)35-23-14-11-21(12-15-23)8-7-17-29-27(31)19-30(25-18-22(28)13-16-26(25)34-3)36(32,33)24-9-5-4-6-10-24/h4-6,9-16,18,20H,7-8,17,19H2,1-3H3,(H,29,31). The number of amides is 1. The van der Waals surface area contributed by atoms with Crippen LogP contribution in [0.4, 0.5) is 5.69 Å². The molecular weight excluding hydrogens is 500 g/mol. The first-order valence-electron chi connectivity index (χ1n) is 11.6. The van der Waals surface area contributed by atoms with Crippen molar-refractivity contribution in [2.45, 2.75) is 37.7 Å². The van der Waals surface area contributed by atoms with Gasteiger partial charge in [-0.3, -0.25) is 9.10 Å². The van der Waals surface area contributed by atoms with E-state index in [1.165, 1.54) is 25.3 Å². The Morgan fingerprint density at radius 2 is 1.72 bits per heavy atom. The number of aryl methyl sites for hydroxylation is 1. The van der Waals surface area contributed by atoms with Crippen molar-refractivity contribution in [2.75, 3.05) is 24.5 Å². The van der Waals surface area contributed by atoms with Crippen LogP contribution >= 0.6 is 11.6 Å². The van der Waals surface area contributed by atoms with Gasteiger partial charge in [0, 0.05) is 11.6 Å². The van der Waals surface area contributed by atoms with Crippen LogP contribution < -0.4 is 19.1 Å². The lowest BCUT2D eigenvalue weighted by Gasteiger charge is -2.26. The van der Waals surface area contributed by atoms with Crippen LogP contribution in [0.2, 0.25) is 5.02 Å². The Bertz CT molecular complexity index is 1250. The van der Waals surface area contributed by atoms with E-state index in [2.05, 4.69) is 5.32 Å². The van der Waals surface area contributed by atoms with Gasteiger partial charge in [-0.2, -0.15) is 0 Å². The van der Waals surface area contributed by atoms with Gasteiger partial charge >= 0.3 is 0 Å². The van der Waals surface area contributed by atoms with Crippen LogP contribution in [-0.2, 0) is 21.2 Å². The minimum Gasteiger partial charge on any atom is -0.495 e. The Labute approximate surface area is 218 Å². The van der Waals surface area contributed by atoms with E-state index in [1.54, 1.807) is 30.3 Å². The molecule has 9 heteroatoms. The van der Waals surface area contributed by atoms with Gasteiger partial charge in [0.15, 0.2) is 0 Å². The number of carbonyl (C=O) groups is 1. The minimum absolute atomic E-state index is 0.0599. The van der Waals surface area contributed by atoms with Gasteiger partial charge in [-0.05, 0) is 74.7 Å². The number of anilines is 1. The van der Waals surface area contributed by atoms with Gasteiger partial charge < -0.3 is 14.8 Å². The second-order valence-corrected chi connectivity index (χ2v) is 10.7. The predicted octanol–water partition coefficient (Wildman–Crippen LogP) is 5.08. The van der Waals surface area contributed by atoms with E-state index in [0.717, 1.165) is 22.0 Å². The lowest BCUT2D eigenvalue weighted by atomic mass is 10.1. The lowest BCUT2D eigenvalue weighted by Crippen LogP contribution is -2.41. The van der Waals surface area contributed by atoms with Gasteiger partial charge in [0.25, 0.3) is 10.0 Å². The summed E-state index contributed by atoms with van der Waals surface area (Å²) in [6.45, 7) is 3.93. The molecule has 3 aromatic carbocycles.